The quantitative estimate of drug-likeness (QED) is 0.597. The van der Waals surface area contributed by atoms with Crippen molar-refractivity contribution in [2.24, 2.45) is 0 Å². The lowest BCUT2D eigenvalue weighted by molar-refractivity contribution is -0.139. The number of aliphatic carboxylic acids is 1. The maximum absolute atomic E-state index is 11.7. The number of aromatic nitrogens is 1. The van der Waals surface area contributed by atoms with Crippen molar-refractivity contribution in [2.45, 2.75) is 25.1 Å². The third-order valence-corrected chi connectivity index (χ3v) is 3.37. The number of carboxylic acids is 1. The highest BCUT2D eigenvalue weighted by atomic mass is 32.2. The molecule has 0 bridgehead atoms. The first-order valence-electron chi connectivity index (χ1n) is 5.10. The highest BCUT2D eigenvalue weighted by molar-refractivity contribution is 7.88. The number of nitrogens with zero attached hydrogens (tertiary/aromatic N) is 1. The molecule has 18 heavy (non-hydrogen) atoms. The molecule has 3 N–H and O–H groups in total. The summed E-state index contributed by atoms with van der Waals surface area (Å²) in [6, 6.07) is 0.0918. The largest absolute Gasteiger partial charge is 0.480 e. The van der Waals surface area contributed by atoms with Crippen LogP contribution in [0, 0.1) is 6.92 Å². The number of carboxylic acid groups (broad SMARTS) is 1. The van der Waals surface area contributed by atoms with E-state index in [0.29, 0.717) is 5.76 Å². The maximum atomic E-state index is 11.7. The van der Waals surface area contributed by atoms with Crippen LogP contribution >= 0.6 is 0 Å². The van der Waals surface area contributed by atoms with E-state index in [1.165, 1.54) is 6.07 Å². The first-order valence-corrected chi connectivity index (χ1v) is 6.75. The number of sulfonamides is 1. The van der Waals surface area contributed by atoms with E-state index in [1.807, 2.05) is 4.72 Å². The number of aryl methyl sites for hydroxylation is 1. The Kier molecular flexibility index (Phi) is 4.82. The second kappa shape index (κ2) is 5.94. The summed E-state index contributed by atoms with van der Waals surface area (Å²) in [5.74, 6) is -1.35. The van der Waals surface area contributed by atoms with Crippen LogP contribution in [0.1, 0.15) is 17.9 Å². The molecule has 9 heteroatoms. The molecular weight excluding hydrogens is 264 g/mol. The summed E-state index contributed by atoms with van der Waals surface area (Å²) in [5, 5.41) is 20.9. The van der Waals surface area contributed by atoms with Crippen LogP contribution in [0.15, 0.2) is 10.6 Å². The van der Waals surface area contributed by atoms with Crippen LogP contribution in [-0.2, 0) is 20.6 Å². The van der Waals surface area contributed by atoms with Crippen LogP contribution in [-0.4, -0.2) is 42.4 Å². The van der Waals surface area contributed by atoms with Crippen LogP contribution in [0.25, 0.3) is 0 Å². The van der Waals surface area contributed by atoms with Crippen molar-refractivity contribution in [3.05, 3.63) is 17.5 Å². The van der Waals surface area contributed by atoms with E-state index in [1.54, 1.807) is 6.92 Å². The van der Waals surface area contributed by atoms with Gasteiger partial charge in [0.05, 0.1) is 0 Å². The Bertz CT molecular complexity index is 509. The smallest absolute Gasteiger partial charge is 0.321 e. The van der Waals surface area contributed by atoms with Crippen LogP contribution < -0.4 is 4.72 Å². The van der Waals surface area contributed by atoms with Crippen LogP contribution in [0.2, 0.25) is 0 Å². The van der Waals surface area contributed by atoms with Crippen molar-refractivity contribution in [1.82, 2.24) is 9.88 Å². The zero-order valence-corrected chi connectivity index (χ0v) is 10.5. The number of hydrogen-bond acceptors (Lipinski definition) is 6. The van der Waals surface area contributed by atoms with E-state index in [9.17, 15) is 13.2 Å². The topological polar surface area (TPSA) is 130 Å². The van der Waals surface area contributed by atoms with Crippen LogP contribution in [0.4, 0.5) is 0 Å². The molecule has 1 heterocycles. The fraction of sp³-hybridized carbons (Fsp3) is 0.556. The molecule has 1 aromatic heterocycles. The van der Waals surface area contributed by atoms with Crippen molar-refractivity contribution >= 4 is 16.0 Å². The average Bonchev–Trinajstić information content (AvgIpc) is 2.62. The van der Waals surface area contributed by atoms with E-state index in [2.05, 4.69) is 5.16 Å². The van der Waals surface area contributed by atoms with Gasteiger partial charge < -0.3 is 14.7 Å². The monoisotopic (exact) mass is 278 g/mol. The molecule has 0 saturated heterocycles. The second-order valence-corrected chi connectivity index (χ2v) is 5.46. The number of nitrogens with one attached hydrogen (secondary N) is 1. The third kappa shape index (κ3) is 4.43. The van der Waals surface area contributed by atoms with Gasteiger partial charge in [0.25, 0.3) is 0 Å². The summed E-state index contributed by atoms with van der Waals surface area (Å²) in [6.07, 6.45) is -0.202. The van der Waals surface area contributed by atoms with Gasteiger partial charge in [-0.25, -0.2) is 13.1 Å². The number of aliphatic hydroxyl groups excluding tert-OH is 1. The summed E-state index contributed by atoms with van der Waals surface area (Å²) in [4.78, 5) is 10.8. The van der Waals surface area contributed by atoms with Gasteiger partial charge in [-0.3, -0.25) is 4.79 Å². The van der Waals surface area contributed by atoms with Gasteiger partial charge in [0, 0.05) is 12.7 Å². The Balaban J connectivity index is 2.71. The van der Waals surface area contributed by atoms with Gasteiger partial charge >= 0.3 is 5.97 Å². The van der Waals surface area contributed by atoms with Crippen molar-refractivity contribution in [1.29, 1.82) is 0 Å². The van der Waals surface area contributed by atoms with E-state index in [0.717, 1.165) is 0 Å². The van der Waals surface area contributed by atoms with Gasteiger partial charge in [-0.2, -0.15) is 0 Å². The minimum atomic E-state index is -3.85. The molecule has 1 unspecified atom stereocenters. The van der Waals surface area contributed by atoms with Gasteiger partial charge in [-0.15, -0.1) is 0 Å². The lowest BCUT2D eigenvalue weighted by Crippen LogP contribution is -2.41. The zero-order valence-electron chi connectivity index (χ0n) is 9.66. The Hall–Kier alpha value is -1.45. The second-order valence-electron chi connectivity index (χ2n) is 3.71. The molecule has 102 valence electrons. The molecule has 8 nitrogen and oxygen atoms in total. The van der Waals surface area contributed by atoms with Gasteiger partial charge in [0.1, 0.15) is 23.2 Å². The molecule has 1 aromatic rings. The van der Waals surface area contributed by atoms with Gasteiger partial charge in [0.2, 0.25) is 10.0 Å². The first kappa shape index (κ1) is 14.6. The van der Waals surface area contributed by atoms with Crippen LogP contribution in [0.3, 0.4) is 0 Å². The Morgan fingerprint density at radius 2 is 2.28 bits per heavy atom. The summed E-state index contributed by atoms with van der Waals surface area (Å²) in [5.41, 5.74) is 0.188. The van der Waals surface area contributed by atoms with E-state index >= 15 is 0 Å². The lowest BCUT2D eigenvalue weighted by atomic mass is 10.2. The minimum absolute atomic E-state index is 0.188. The van der Waals surface area contributed by atoms with Crippen LogP contribution in [0.5, 0.6) is 0 Å². The molecule has 0 fully saturated rings. The first-order chi connectivity index (χ1) is 8.34. The molecule has 0 radical (unpaired) electrons. The summed E-state index contributed by atoms with van der Waals surface area (Å²) >= 11 is 0. The lowest BCUT2D eigenvalue weighted by Gasteiger charge is -2.12. The predicted molar refractivity (Wildman–Crippen MR) is 60.1 cm³/mol. The Labute approximate surface area is 104 Å². The Morgan fingerprint density at radius 1 is 1.61 bits per heavy atom. The molecule has 0 saturated carbocycles. The molecular formula is C9H14N2O6S. The third-order valence-electron chi connectivity index (χ3n) is 2.05. The zero-order chi connectivity index (χ0) is 13.8. The van der Waals surface area contributed by atoms with Crippen molar-refractivity contribution in [2.75, 3.05) is 6.61 Å². The van der Waals surface area contributed by atoms with Gasteiger partial charge in [-0.1, -0.05) is 5.16 Å². The molecule has 0 aliphatic heterocycles. The average molecular weight is 278 g/mol. The van der Waals surface area contributed by atoms with Crippen molar-refractivity contribution in [3.8, 4) is 0 Å². The van der Waals surface area contributed by atoms with Gasteiger partial charge in [-0.05, 0) is 13.3 Å². The normalized spacial score (nSPS) is 13.4. The fourth-order valence-electron chi connectivity index (χ4n) is 1.30. The molecule has 0 aromatic carbocycles. The molecule has 1 rings (SSSR count). The molecule has 0 amide bonds. The number of aliphatic hydroxyl groups is 1. The molecule has 0 aliphatic rings. The summed E-state index contributed by atoms with van der Waals surface area (Å²) in [6.45, 7) is 1.19. The number of carbonyl (C=O) groups is 1. The SMILES string of the molecule is Cc1cc(CS(=O)(=O)NC(CCO)C(=O)O)no1. The fourth-order valence-corrected chi connectivity index (χ4v) is 2.56. The molecule has 0 spiro atoms. The van der Waals surface area contributed by atoms with Gasteiger partial charge in [0.15, 0.2) is 0 Å². The summed E-state index contributed by atoms with van der Waals surface area (Å²) < 4.78 is 30.0. The van der Waals surface area contributed by atoms with E-state index < -0.39 is 34.4 Å². The molecule has 1 atom stereocenters. The standard InChI is InChI=1S/C9H14N2O6S/c1-6-4-7(10-17-6)5-18(15,16)11-8(2-3-12)9(13)14/h4,8,11-12H,2-3,5H2,1H3,(H,13,14). The highest BCUT2D eigenvalue weighted by Crippen LogP contribution is 2.07. The highest BCUT2D eigenvalue weighted by Gasteiger charge is 2.24. The van der Waals surface area contributed by atoms with E-state index in [4.69, 9.17) is 14.7 Å². The van der Waals surface area contributed by atoms with Crippen molar-refractivity contribution < 1.29 is 27.9 Å². The maximum Gasteiger partial charge on any atom is 0.321 e. The minimum Gasteiger partial charge on any atom is -0.480 e. The summed E-state index contributed by atoms with van der Waals surface area (Å²) in [7, 11) is -3.85. The Morgan fingerprint density at radius 3 is 2.72 bits per heavy atom. The van der Waals surface area contributed by atoms with E-state index in [-0.39, 0.29) is 12.1 Å². The number of hydrogen-bond donors (Lipinski definition) is 3. The van der Waals surface area contributed by atoms with Crippen molar-refractivity contribution in [3.63, 3.8) is 0 Å². The predicted octanol–water partition coefficient (Wildman–Crippen LogP) is -0.762. The molecule has 0 aliphatic carbocycles. The number of rotatable bonds is 7.